The fourth-order valence-corrected chi connectivity index (χ4v) is 6.05. The molecule has 0 saturated carbocycles. The fraction of sp³-hybridized carbons (Fsp3) is 0.517. The van der Waals surface area contributed by atoms with Crippen LogP contribution in [0, 0.1) is 0 Å². The van der Waals surface area contributed by atoms with Crippen LogP contribution in [-0.2, 0) is 33.3 Å². The van der Waals surface area contributed by atoms with Crippen molar-refractivity contribution in [1.29, 1.82) is 0 Å². The van der Waals surface area contributed by atoms with E-state index < -0.39 is 17.8 Å². The first-order valence-corrected chi connectivity index (χ1v) is 14.7. The van der Waals surface area contributed by atoms with Crippen molar-refractivity contribution in [2.45, 2.75) is 32.0 Å². The van der Waals surface area contributed by atoms with E-state index in [4.69, 9.17) is 27.9 Å². The van der Waals surface area contributed by atoms with Gasteiger partial charge in [-0.25, -0.2) is 0 Å². The molecule has 2 aromatic rings. The summed E-state index contributed by atoms with van der Waals surface area (Å²) in [6, 6.07) is 6.98. The van der Waals surface area contributed by atoms with Crippen LogP contribution in [0.5, 0.6) is 0 Å². The van der Waals surface area contributed by atoms with E-state index in [0.717, 1.165) is 6.07 Å². The van der Waals surface area contributed by atoms with Gasteiger partial charge in [0.25, 0.3) is 0 Å². The maximum atomic E-state index is 13.9. The average Bonchev–Trinajstić information content (AvgIpc) is 2.96. The number of hydrogen-bond acceptors (Lipinski definition) is 6. The predicted molar refractivity (Wildman–Crippen MR) is 159 cm³/mol. The van der Waals surface area contributed by atoms with Crippen LogP contribution in [-0.4, -0.2) is 93.7 Å². The first-order valence-electron chi connectivity index (χ1n) is 14.0. The van der Waals surface area contributed by atoms with Crippen molar-refractivity contribution in [2.75, 3.05) is 76.3 Å². The van der Waals surface area contributed by atoms with E-state index in [2.05, 4.69) is 10.6 Å². The van der Waals surface area contributed by atoms with Gasteiger partial charge in [-0.2, -0.15) is 13.2 Å². The summed E-state index contributed by atoms with van der Waals surface area (Å²) in [4.78, 5) is 32.1. The number of rotatable bonds is 10. The number of nitrogens with one attached hydrogen (secondary N) is 2. The Morgan fingerprint density at radius 1 is 1.12 bits per heavy atom. The molecule has 13 heteroatoms. The van der Waals surface area contributed by atoms with Gasteiger partial charge in [-0.3, -0.25) is 9.59 Å². The topological polar surface area (TPSA) is 77.2 Å². The third kappa shape index (κ3) is 7.42. The van der Waals surface area contributed by atoms with Gasteiger partial charge >= 0.3 is 6.18 Å². The third-order valence-electron chi connectivity index (χ3n) is 7.71. The van der Waals surface area contributed by atoms with Gasteiger partial charge in [0.2, 0.25) is 11.8 Å². The number of benzene rings is 2. The summed E-state index contributed by atoms with van der Waals surface area (Å²) in [7, 11) is 1.54. The molecule has 2 fully saturated rings. The Kier molecular flexibility index (Phi) is 10.9. The molecule has 230 valence electrons. The van der Waals surface area contributed by atoms with Crippen molar-refractivity contribution in [1.82, 2.24) is 15.1 Å². The second-order valence-corrected chi connectivity index (χ2v) is 11.1. The third-order valence-corrected chi connectivity index (χ3v) is 8.29. The van der Waals surface area contributed by atoms with Crippen molar-refractivity contribution in [3.05, 3.63) is 57.1 Å². The predicted octanol–water partition coefficient (Wildman–Crippen LogP) is 4.32. The molecule has 0 spiro atoms. The monoisotopic (exact) mass is 629 g/mol. The minimum absolute atomic E-state index is 0.151. The molecule has 2 N–H and O–H groups in total. The number of hydrogen-bond donors (Lipinski definition) is 2. The molecular weight excluding hydrogens is 594 g/mol. The van der Waals surface area contributed by atoms with E-state index in [-0.39, 0.29) is 36.8 Å². The number of halogens is 5. The van der Waals surface area contributed by atoms with Crippen molar-refractivity contribution in [2.24, 2.45) is 0 Å². The summed E-state index contributed by atoms with van der Waals surface area (Å²) in [5.74, 6) is -0.344. The van der Waals surface area contributed by atoms with E-state index in [1.54, 1.807) is 34.9 Å². The largest absolute Gasteiger partial charge is 0.416 e. The first-order chi connectivity index (χ1) is 20.0. The quantitative estimate of drug-likeness (QED) is 0.381. The van der Waals surface area contributed by atoms with Gasteiger partial charge in [0.1, 0.15) is 6.04 Å². The fourth-order valence-electron chi connectivity index (χ4n) is 5.56. The number of carbonyl (C=O) groups is 2. The average molecular weight is 631 g/mol. The molecule has 1 atom stereocenters. The Hall–Kier alpha value is -2.73. The second-order valence-electron chi connectivity index (χ2n) is 10.3. The summed E-state index contributed by atoms with van der Waals surface area (Å²) >= 11 is 12.5. The van der Waals surface area contributed by atoms with Gasteiger partial charge in [-0.1, -0.05) is 36.2 Å². The van der Waals surface area contributed by atoms with Crippen LogP contribution >= 0.6 is 23.2 Å². The molecule has 2 amide bonds. The zero-order chi connectivity index (χ0) is 30.4. The van der Waals surface area contributed by atoms with Crippen LogP contribution in [0.2, 0.25) is 10.0 Å². The van der Waals surface area contributed by atoms with E-state index in [1.165, 1.54) is 13.2 Å². The van der Waals surface area contributed by atoms with E-state index in [1.807, 2.05) is 4.90 Å². The highest BCUT2D eigenvalue weighted by molar-refractivity contribution is 6.35. The van der Waals surface area contributed by atoms with Crippen LogP contribution in [0.25, 0.3) is 0 Å². The molecular formula is C29H36Cl2F3N5O3. The van der Waals surface area contributed by atoms with Crippen LogP contribution < -0.4 is 15.5 Å². The Bertz CT molecular complexity index is 1270. The molecule has 2 heterocycles. The maximum Gasteiger partial charge on any atom is 0.416 e. The molecule has 8 nitrogen and oxygen atoms in total. The van der Waals surface area contributed by atoms with Crippen molar-refractivity contribution in [3.63, 3.8) is 0 Å². The van der Waals surface area contributed by atoms with Crippen LogP contribution in [0.3, 0.4) is 0 Å². The molecule has 4 rings (SSSR count). The van der Waals surface area contributed by atoms with Crippen molar-refractivity contribution >= 4 is 46.4 Å². The molecule has 2 aliphatic rings. The lowest BCUT2D eigenvalue weighted by Crippen LogP contribution is -2.60. The Labute approximate surface area is 254 Å². The van der Waals surface area contributed by atoms with Crippen LogP contribution in [0.4, 0.5) is 24.5 Å². The number of methoxy groups -OCH3 is 1. The minimum atomic E-state index is -4.48. The number of alkyl halides is 3. The molecule has 0 aliphatic carbocycles. The first kappa shape index (κ1) is 32.2. The van der Waals surface area contributed by atoms with Crippen LogP contribution in [0.15, 0.2) is 30.3 Å². The number of nitrogens with zero attached hydrogens (tertiary/aromatic N) is 3. The van der Waals surface area contributed by atoms with Gasteiger partial charge in [0.05, 0.1) is 30.1 Å². The normalized spacial score (nSPS) is 17.0. The molecule has 2 saturated heterocycles. The highest BCUT2D eigenvalue weighted by Crippen LogP contribution is 2.40. The summed E-state index contributed by atoms with van der Waals surface area (Å²) < 4.78 is 46.6. The molecule has 1 unspecified atom stereocenters. The minimum Gasteiger partial charge on any atom is -0.383 e. The highest BCUT2D eigenvalue weighted by Gasteiger charge is 2.37. The summed E-state index contributed by atoms with van der Waals surface area (Å²) in [5.41, 5.74) is 1.35. The number of carbonyl (C=O) groups excluding carboxylic acids is 2. The summed E-state index contributed by atoms with van der Waals surface area (Å²) in [6.45, 7) is 5.05. The number of ether oxygens (including phenoxy) is 1. The van der Waals surface area contributed by atoms with Crippen molar-refractivity contribution < 1.29 is 27.5 Å². The van der Waals surface area contributed by atoms with Crippen LogP contribution in [0.1, 0.15) is 23.6 Å². The van der Waals surface area contributed by atoms with E-state index in [9.17, 15) is 22.8 Å². The molecule has 0 aromatic heterocycles. The van der Waals surface area contributed by atoms with Gasteiger partial charge in [-0.15, -0.1) is 0 Å². The lowest BCUT2D eigenvalue weighted by Gasteiger charge is -2.41. The zero-order valence-corrected chi connectivity index (χ0v) is 25.2. The molecule has 2 aliphatic heterocycles. The number of amides is 2. The standard InChI is InChI=1S/C29H36Cl2F3N5O3/c1-3-21-22(29(32,33)34)6-7-24(27(21)36-9-15-42-2)37-11-13-38(14-12-37)28(41)25(39-10-8-35-18-26(39)40)16-19-4-5-20(30)17-23(19)31/h4-7,17,25,35-36H,3,8-16,18H2,1-2H3. The Morgan fingerprint density at radius 3 is 2.48 bits per heavy atom. The second kappa shape index (κ2) is 14.2. The van der Waals surface area contributed by atoms with Gasteiger partial charge in [0.15, 0.2) is 0 Å². The highest BCUT2D eigenvalue weighted by atomic mass is 35.5. The molecule has 0 radical (unpaired) electrons. The summed E-state index contributed by atoms with van der Waals surface area (Å²) in [5, 5.41) is 7.11. The van der Waals surface area contributed by atoms with E-state index >= 15 is 0 Å². The molecule has 0 bridgehead atoms. The number of anilines is 2. The van der Waals surface area contributed by atoms with Gasteiger partial charge < -0.3 is 30.1 Å². The maximum absolute atomic E-state index is 13.9. The number of piperazine rings is 2. The van der Waals surface area contributed by atoms with Crippen molar-refractivity contribution in [3.8, 4) is 0 Å². The smallest absolute Gasteiger partial charge is 0.383 e. The SMILES string of the molecule is CCc1c(C(F)(F)F)ccc(N2CCN(C(=O)C(Cc3ccc(Cl)cc3Cl)N3CCNCC3=O)CC2)c1NCCOC. The van der Waals surface area contributed by atoms with Gasteiger partial charge in [-0.05, 0) is 41.8 Å². The lowest BCUT2D eigenvalue weighted by molar-refractivity contribution is -0.146. The van der Waals surface area contributed by atoms with E-state index in [0.29, 0.717) is 79.4 Å². The Morgan fingerprint density at radius 2 is 1.86 bits per heavy atom. The Balaban J connectivity index is 1.55. The molecule has 42 heavy (non-hydrogen) atoms. The zero-order valence-electron chi connectivity index (χ0n) is 23.7. The molecule has 2 aromatic carbocycles. The lowest BCUT2D eigenvalue weighted by atomic mass is 9.99. The summed E-state index contributed by atoms with van der Waals surface area (Å²) in [6.07, 6.45) is -4.03. The van der Waals surface area contributed by atoms with Gasteiger partial charge in [0, 0.05) is 69.4 Å².